The summed E-state index contributed by atoms with van der Waals surface area (Å²) in [5, 5.41) is 14.2. The third-order valence-electron chi connectivity index (χ3n) is 4.22. The van der Waals surface area contributed by atoms with Crippen LogP contribution in [0.5, 0.6) is 0 Å². The fourth-order valence-corrected chi connectivity index (χ4v) is 2.74. The number of benzene rings is 1. The number of carboxylic acids is 2. The first-order chi connectivity index (χ1) is 13.6. The molecule has 2 N–H and O–H groups in total. The molecule has 0 amide bonds. The first kappa shape index (κ1) is 27.7. The highest BCUT2D eigenvalue weighted by Crippen LogP contribution is 2.23. The molecular formula is C18H24F6N2O4. The highest BCUT2D eigenvalue weighted by Gasteiger charge is 2.39. The number of nitrogens with zero attached hydrogens (tertiary/aromatic N) is 2. The lowest BCUT2D eigenvalue weighted by Gasteiger charge is -2.29. The first-order valence-electron chi connectivity index (χ1n) is 8.58. The van der Waals surface area contributed by atoms with Gasteiger partial charge in [0, 0.05) is 12.1 Å². The Morgan fingerprint density at radius 3 is 1.73 bits per heavy atom. The van der Waals surface area contributed by atoms with Crippen LogP contribution in [-0.4, -0.2) is 84.1 Å². The molecule has 6 nitrogen and oxygen atoms in total. The standard InChI is InChI=1S/C14H22N2.2C2HF3O2/c1-15(2)13-9-10-16(3)14(13)11-12-7-5-4-6-8-12;2*3-2(4,5)1(6)7/h4-8,13-14H,9-11H2,1-3H3;2*(H,6,7)/t13-,14+;;/m1../s1. The largest absolute Gasteiger partial charge is 0.490 e. The molecule has 1 aliphatic rings. The van der Waals surface area contributed by atoms with Crippen LogP contribution in [0.1, 0.15) is 12.0 Å². The summed E-state index contributed by atoms with van der Waals surface area (Å²) in [5.74, 6) is -5.51. The Hall–Kier alpha value is -2.34. The third-order valence-corrected chi connectivity index (χ3v) is 4.22. The van der Waals surface area contributed by atoms with E-state index in [1.807, 2.05) is 0 Å². The van der Waals surface area contributed by atoms with Gasteiger partial charge in [-0.05, 0) is 46.1 Å². The molecule has 12 heteroatoms. The molecule has 0 bridgehead atoms. The van der Waals surface area contributed by atoms with Gasteiger partial charge < -0.3 is 20.0 Å². The monoisotopic (exact) mass is 446 g/mol. The normalized spacial score (nSPS) is 19.4. The lowest BCUT2D eigenvalue weighted by Crippen LogP contribution is -2.41. The summed E-state index contributed by atoms with van der Waals surface area (Å²) >= 11 is 0. The fourth-order valence-electron chi connectivity index (χ4n) is 2.74. The lowest BCUT2D eigenvalue weighted by atomic mass is 10.00. The summed E-state index contributed by atoms with van der Waals surface area (Å²) in [4.78, 5) is 22.7. The molecular weight excluding hydrogens is 422 g/mol. The van der Waals surface area contributed by atoms with Crippen LogP contribution in [0.2, 0.25) is 0 Å². The van der Waals surface area contributed by atoms with Gasteiger partial charge in [-0.1, -0.05) is 30.3 Å². The van der Waals surface area contributed by atoms with E-state index >= 15 is 0 Å². The van der Waals surface area contributed by atoms with Crippen molar-refractivity contribution in [2.24, 2.45) is 0 Å². The van der Waals surface area contributed by atoms with Crippen LogP contribution in [0.3, 0.4) is 0 Å². The number of hydrogen-bond donors (Lipinski definition) is 2. The number of likely N-dealkylation sites (N-methyl/N-ethyl adjacent to an activating group) is 2. The number of likely N-dealkylation sites (tertiary alicyclic amines) is 1. The molecule has 1 fully saturated rings. The molecule has 1 aromatic carbocycles. The molecule has 1 aromatic rings. The second-order valence-electron chi connectivity index (χ2n) is 6.66. The Balaban J connectivity index is 0.000000503. The summed E-state index contributed by atoms with van der Waals surface area (Å²) < 4.78 is 63.5. The van der Waals surface area contributed by atoms with Gasteiger partial charge in [-0.25, -0.2) is 9.59 Å². The SMILES string of the molecule is CN(C)[C@@H]1CCN(C)[C@H]1Cc1ccccc1.O=C(O)C(F)(F)F.O=C(O)C(F)(F)F. The van der Waals surface area contributed by atoms with E-state index in [9.17, 15) is 26.3 Å². The molecule has 172 valence electrons. The van der Waals surface area contributed by atoms with Crippen LogP contribution in [0.25, 0.3) is 0 Å². The first-order valence-corrected chi connectivity index (χ1v) is 8.58. The number of aliphatic carboxylic acids is 2. The van der Waals surface area contributed by atoms with E-state index < -0.39 is 24.3 Å². The topological polar surface area (TPSA) is 81.1 Å². The average molecular weight is 446 g/mol. The van der Waals surface area contributed by atoms with Gasteiger partial charge in [0.25, 0.3) is 0 Å². The molecule has 1 saturated heterocycles. The van der Waals surface area contributed by atoms with E-state index in [4.69, 9.17) is 19.8 Å². The highest BCUT2D eigenvalue weighted by atomic mass is 19.4. The van der Waals surface area contributed by atoms with Crippen molar-refractivity contribution in [1.29, 1.82) is 0 Å². The molecule has 0 aromatic heterocycles. The number of hydrogen-bond acceptors (Lipinski definition) is 4. The number of halogens is 6. The fraction of sp³-hybridized carbons (Fsp3) is 0.556. The van der Waals surface area contributed by atoms with Crippen molar-refractivity contribution in [3.63, 3.8) is 0 Å². The molecule has 1 aliphatic heterocycles. The van der Waals surface area contributed by atoms with Crippen LogP contribution < -0.4 is 0 Å². The molecule has 0 saturated carbocycles. The Morgan fingerprint density at radius 1 is 1.00 bits per heavy atom. The van der Waals surface area contributed by atoms with Crippen LogP contribution in [0.4, 0.5) is 26.3 Å². The van der Waals surface area contributed by atoms with Crippen LogP contribution in [0.15, 0.2) is 30.3 Å². The average Bonchev–Trinajstić information content (AvgIpc) is 2.96. The van der Waals surface area contributed by atoms with Gasteiger partial charge in [-0.15, -0.1) is 0 Å². The van der Waals surface area contributed by atoms with E-state index in [2.05, 4.69) is 61.3 Å². The number of carboxylic acid groups (broad SMARTS) is 2. The quantitative estimate of drug-likeness (QED) is 0.695. The minimum Gasteiger partial charge on any atom is -0.475 e. The Bertz CT molecular complexity index is 641. The smallest absolute Gasteiger partial charge is 0.475 e. The Labute approximate surface area is 169 Å². The Kier molecular flexibility index (Phi) is 10.8. The predicted octanol–water partition coefficient (Wildman–Crippen LogP) is 3.13. The van der Waals surface area contributed by atoms with Crippen molar-refractivity contribution >= 4 is 11.9 Å². The number of alkyl halides is 6. The molecule has 30 heavy (non-hydrogen) atoms. The Morgan fingerprint density at radius 2 is 1.40 bits per heavy atom. The second-order valence-corrected chi connectivity index (χ2v) is 6.66. The van der Waals surface area contributed by atoms with Crippen LogP contribution in [-0.2, 0) is 16.0 Å². The van der Waals surface area contributed by atoms with Crippen molar-refractivity contribution in [2.75, 3.05) is 27.7 Å². The summed E-state index contributed by atoms with van der Waals surface area (Å²) in [6, 6.07) is 12.2. The number of carbonyl (C=O) groups is 2. The molecule has 1 heterocycles. The summed E-state index contributed by atoms with van der Waals surface area (Å²) in [7, 11) is 6.64. The van der Waals surface area contributed by atoms with E-state index in [1.165, 1.54) is 24.9 Å². The zero-order valence-corrected chi connectivity index (χ0v) is 16.5. The van der Waals surface area contributed by atoms with Gasteiger partial charge in [0.05, 0.1) is 0 Å². The second kappa shape index (κ2) is 11.7. The van der Waals surface area contributed by atoms with E-state index in [-0.39, 0.29) is 0 Å². The molecule has 0 unspecified atom stereocenters. The predicted molar refractivity (Wildman–Crippen MR) is 96.0 cm³/mol. The summed E-state index contributed by atoms with van der Waals surface area (Å²) in [5.41, 5.74) is 1.45. The number of rotatable bonds is 3. The van der Waals surface area contributed by atoms with Gasteiger partial charge in [-0.3, -0.25) is 0 Å². The maximum Gasteiger partial charge on any atom is 0.490 e. The third kappa shape index (κ3) is 10.4. The molecule has 0 radical (unpaired) electrons. The molecule has 2 atom stereocenters. The summed E-state index contributed by atoms with van der Waals surface area (Å²) in [6.07, 6.45) is -7.71. The van der Waals surface area contributed by atoms with Crippen molar-refractivity contribution < 1.29 is 46.1 Å². The van der Waals surface area contributed by atoms with Crippen LogP contribution >= 0.6 is 0 Å². The van der Waals surface area contributed by atoms with Crippen molar-refractivity contribution in [2.45, 2.75) is 37.3 Å². The lowest BCUT2D eigenvalue weighted by molar-refractivity contribution is -0.193. The molecule has 2 rings (SSSR count). The van der Waals surface area contributed by atoms with Gasteiger partial charge in [0.2, 0.25) is 0 Å². The van der Waals surface area contributed by atoms with E-state index in [1.54, 1.807) is 0 Å². The minimum absolute atomic E-state index is 0.664. The van der Waals surface area contributed by atoms with Crippen molar-refractivity contribution in [3.05, 3.63) is 35.9 Å². The maximum absolute atomic E-state index is 10.6. The highest BCUT2D eigenvalue weighted by molar-refractivity contribution is 5.73. The van der Waals surface area contributed by atoms with E-state index in [0.29, 0.717) is 12.1 Å². The van der Waals surface area contributed by atoms with Gasteiger partial charge in [0.1, 0.15) is 0 Å². The van der Waals surface area contributed by atoms with Crippen molar-refractivity contribution in [1.82, 2.24) is 9.80 Å². The summed E-state index contributed by atoms with van der Waals surface area (Å²) in [6.45, 7) is 1.22. The van der Waals surface area contributed by atoms with E-state index in [0.717, 1.165) is 0 Å². The minimum atomic E-state index is -5.08. The van der Waals surface area contributed by atoms with Gasteiger partial charge in [0.15, 0.2) is 0 Å². The maximum atomic E-state index is 10.6. The molecule has 0 spiro atoms. The van der Waals surface area contributed by atoms with Crippen LogP contribution in [0, 0.1) is 0 Å². The van der Waals surface area contributed by atoms with Gasteiger partial charge in [-0.2, -0.15) is 26.3 Å². The van der Waals surface area contributed by atoms with Gasteiger partial charge >= 0.3 is 24.3 Å². The zero-order chi connectivity index (χ0) is 23.7. The zero-order valence-electron chi connectivity index (χ0n) is 16.5. The molecule has 0 aliphatic carbocycles. The van der Waals surface area contributed by atoms with Crippen molar-refractivity contribution in [3.8, 4) is 0 Å².